The molecule has 1 heterocycles. The Morgan fingerprint density at radius 2 is 1.85 bits per heavy atom. The van der Waals surface area contributed by atoms with E-state index in [0.717, 1.165) is 44.7 Å². The minimum absolute atomic E-state index is 0.0418. The summed E-state index contributed by atoms with van der Waals surface area (Å²) in [6.45, 7) is -1.06. The van der Waals surface area contributed by atoms with E-state index in [1.54, 1.807) is 7.11 Å². The number of nitrogens with zero attached hydrogens (tertiary/aromatic N) is 1. The van der Waals surface area contributed by atoms with E-state index in [-0.39, 0.29) is 37.4 Å². The average molecular weight is 553 g/mol. The van der Waals surface area contributed by atoms with E-state index in [0.29, 0.717) is 12.2 Å². The number of aliphatic hydroxyl groups excluding tert-OH is 1. The van der Waals surface area contributed by atoms with E-state index in [4.69, 9.17) is 4.74 Å². The summed E-state index contributed by atoms with van der Waals surface area (Å²) >= 11 is 0. The molecule has 6 nitrogen and oxygen atoms in total. The predicted octanol–water partition coefficient (Wildman–Crippen LogP) is 4.84. The summed E-state index contributed by atoms with van der Waals surface area (Å²) in [4.78, 5) is 26.9. The zero-order valence-electron chi connectivity index (χ0n) is 22.1. The Labute approximate surface area is 230 Å². The molecule has 40 heavy (non-hydrogen) atoms. The van der Waals surface area contributed by atoms with Crippen LogP contribution in [-0.2, 0) is 29.1 Å². The number of rotatable bonds is 8. The summed E-state index contributed by atoms with van der Waals surface area (Å²) in [5.41, 5.74) is 5.30. The number of nitrogens with one attached hydrogen (secondary N) is 1. The Morgan fingerprint density at radius 1 is 1.07 bits per heavy atom. The van der Waals surface area contributed by atoms with Crippen molar-refractivity contribution in [3.05, 3.63) is 89.0 Å². The molecule has 0 bridgehead atoms. The van der Waals surface area contributed by atoms with E-state index >= 15 is 0 Å². The van der Waals surface area contributed by atoms with Gasteiger partial charge in [-0.05, 0) is 64.3 Å². The lowest BCUT2D eigenvalue weighted by molar-refractivity contribution is -0.196. The lowest BCUT2D eigenvalue weighted by Gasteiger charge is -2.34. The monoisotopic (exact) mass is 552 g/mol. The molecule has 5 rings (SSSR count). The maximum absolute atomic E-state index is 13.4. The number of hydrogen-bond acceptors (Lipinski definition) is 4. The predicted molar refractivity (Wildman–Crippen MR) is 143 cm³/mol. The zero-order chi connectivity index (χ0) is 28.4. The third-order valence-corrected chi connectivity index (χ3v) is 7.89. The maximum atomic E-state index is 13.4. The lowest BCUT2D eigenvalue weighted by atomic mass is 9.87. The molecule has 1 aliphatic heterocycles. The highest BCUT2D eigenvalue weighted by Gasteiger charge is 2.47. The topological polar surface area (TPSA) is 78.9 Å². The fourth-order valence-electron chi connectivity index (χ4n) is 5.56. The molecule has 0 radical (unpaired) electrons. The van der Waals surface area contributed by atoms with Gasteiger partial charge >= 0.3 is 6.18 Å². The van der Waals surface area contributed by atoms with Crippen molar-refractivity contribution < 1.29 is 32.6 Å². The molecule has 3 aromatic carbocycles. The molecular formula is C31H31F3N2O4. The van der Waals surface area contributed by atoms with Crippen LogP contribution in [0.3, 0.4) is 0 Å². The van der Waals surface area contributed by atoms with Crippen molar-refractivity contribution in [3.8, 4) is 16.9 Å². The van der Waals surface area contributed by atoms with Crippen LogP contribution in [0.2, 0.25) is 0 Å². The number of alkyl halides is 3. The molecule has 3 aromatic rings. The number of aliphatic hydroxyl groups is 1. The molecule has 0 spiro atoms. The molecule has 1 saturated carbocycles. The van der Waals surface area contributed by atoms with Crippen molar-refractivity contribution in [2.45, 2.75) is 38.0 Å². The highest BCUT2D eigenvalue weighted by atomic mass is 19.4. The number of carbonyl (C=O) groups is 2. The number of halogens is 3. The second kappa shape index (κ2) is 11.3. The van der Waals surface area contributed by atoms with Gasteiger partial charge < -0.3 is 20.1 Å². The third-order valence-electron chi connectivity index (χ3n) is 7.89. The molecule has 1 aliphatic carbocycles. The van der Waals surface area contributed by atoms with Crippen LogP contribution in [0, 0.1) is 11.8 Å². The number of amides is 2. The van der Waals surface area contributed by atoms with E-state index in [1.165, 1.54) is 0 Å². The van der Waals surface area contributed by atoms with E-state index < -0.39 is 24.6 Å². The Hall–Kier alpha value is -3.85. The minimum Gasteiger partial charge on any atom is -0.497 e. The second-order valence-electron chi connectivity index (χ2n) is 10.3. The van der Waals surface area contributed by atoms with E-state index in [2.05, 4.69) is 5.32 Å². The molecule has 3 atom stereocenters. The van der Waals surface area contributed by atoms with Crippen LogP contribution in [0.25, 0.3) is 11.1 Å². The Kier molecular flexibility index (Phi) is 7.85. The molecule has 9 heteroatoms. The Balaban J connectivity index is 1.41. The first-order valence-electron chi connectivity index (χ1n) is 13.3. The summed E-state index contributed by atoms with van der Waals surface area (Å²) in [5, 5.41) is 12.3. The summed E-state index contributed by atoms with van der Waals surface area (Å²) in [5.74, 6) is -2.96. The third kappa shape index (κ3) is 5.70. The minimum atomic E-state index is -4.84. The summed E-state index contributed by atoms with van der Waals surface area (Å²) < 4.78 is 45.7. The number of methoxy groups -OCH3 is 1. The first-order valence-corrected chi connectivity index (χ1v) is 13.3. The Morgan fingerprint density at radius 3 is 2.55 bits per heavy atom. The van der Waals surface area contributed by atoms with Crippen LogP contribution >= 0.6 is 0 Å². The molecule has 1 fully saturated rings. The van der Waals surface area contributed by atoms with Crippen LogP contribution < -0.4 is 10.1 Å². The number of fused-ring (bicyclic) bond motifs is 1. The van der Waals surface area contributed by atoms with Gasteiger partial charge in [-0.25, -0.2) is 0 Å². The lowest BCUT2D eigenvalue weighted by Crippen LogP contribution is -2.46. The van der Waals surface area contributed by atoms with Crippen LogP contribution in [0.1, 0.15) is 34.6 Å². The average Bonchev–Trinajstić information content (AvgIpc) is 3.77. The standard InChI is InChI=1S/C31H31F3N2O4/c1-40-22-9-5-8-20(14-22)23-11-10-21(16-35-29(38)26-15-25(26)19-6-3-2-4-7-19)27-17-36(13-12-24(23)27)30(39)28(18-37)31(32,33)34/h2-11,14,25-26,28,37H,12-13,15-18H2,1H3,(H,35,38)/t25-,26+,28?/m0/s1. The molecule has 210 valence electrons. The van der Waals surface area contributed by atoms with Crippen LogP contribution in [-0.4, -0.2) is 48.3 Å². The van der Waals surface area contributed by atoms with Gasteiger partial charge in [0.05, 0.1) is 13.7 Å². The zero-order valence-corrected chi connectivity index (χ0v) is 22.1. The first kappa shape index (κ1) is 27.7. The summed E-state index contributed by atoms with van der Waals surface area (Å²) in [7, 11) is 1.57. The second-order valence-corrected chi connectivity index (χ2v) is 10.3. The fraction of sp³-hybridized carbons (Fsp3) is 0.355. The first-order chi connectivity index (χ1) is 19.2. The van der Waals surface area contributed by atoms with Crippen molar-refractivity contribution in [1.82, 2.24) is 10.2 Å². The van der Waals surface area contributed by atoms with Gasteiger partial charge in [-0.1, -0.05) is 54.6 Å². The fourth-order valence-corrected chi connectivity index (χ4v) is 5.56. The van der Waals surface area contributed by atoms with Gasteiger partial charge in [0.1, 0.15) is 5.75 Å². The van der Waals surface area contributed by atoms with Crippen molar-refractivity contribution in [2.75, 3.05) is 20.3 Å². The van der Waals surface area contributed by atoms with Gasteiger partial charge in [-0.15, -0.1) is 0 Å². The largest absolute Gasteiger partial charge is 0.497 e. The van der Waals surface area contributed by atoms with E-state index in [1.807, 2.05) is 66.7 Å². The van der Waals surface area contributed by atoms with Gasteiger partial charge in [0.25, 0.3) is 0 Å². The number of carbonyl (C=O) groups excluding carboxylic acids is 2. The van der Waals surface area contributed by atoms with Crippen molar-refractivity contribution in [2.24, 2.45) is 11.8 Å². The molecule has 0 aromatic heterocycles. The van der Waals surface area contributed by atoms with Crippen LogP contribution in [0.4, 0.5) is 13.2 Å². The maximum Gasteiger partial charge on any atom is 0.402 e. The smallest absolute Gasteiger partial charge is 0.402 e. The van der Waals surface area contributed by atoms with Crippen molar-refractivity contribution in [3.63, 3.8) is 0 Å². The highest BCUT2D eigenvalue weighted by molar-refractivity contribution is 5.83. The number of ether oxygens (including phenoxy) is 1. The van der Waals surface area contributed by atoms with Gasteiger partial charge in [0.15, 0.2) is 5.92 Å². The number of hydrogen-bond donors (Lipinski definition) is 2. The quantitative estimate of drug-likeness (QED) is 0.420. The summed E-state index contributed by atoms with van der Waals surface area (Å²) in [6, 6.07) is 21.2. The SMILES string of the molecule is COc1cccc(-c2ccc(CNC(=O)[C@@H]3C[C@H]3c3ccccc3)c3c2CCN(C(=O)C(CO)C(F)(F)F)C3)c1. The molecule has 2 aliphatic rings. The molecule has 2 amide bonds. The highest BCUT2D eigenvalue weighted by Crippen LogP contribution is 2.47. The molecule has 1 unspecified atom stereocenters. The molecular weight excluding hydrogens is 521 g/mol. The molecule has 0 saturated heterocycles. The van der Waals surface area contributed by atoms with Gasteiger partial charge in [0.2, 0.25) is 11.8 Å². The van der Waals surface area contributed by atoms with Crippen molar-refractivity contribution >= 4 is 11.8 Å². The number of benzene rings is 3. The van der Waals surface area contributed by atoms with Gasteiger partial charge in [0, 0.05) is 25.6 Å². The van der Waals surface area contributed by atoms with Crippen LogP contribution in [0.5, 0.6) is 5.75 Å². The van der Waals surface area contributed by atoms with E-state index in [9.17, 15) is 27.9 Å². The van der Waals surface area contributed by atoms with Gasteiger partial charge in [-0.2, -0.15) is 13.2 Å². The van der Waals surface area contributed by atoms with Gasteiger partial charge in [-0.3, -0.25) is 9.59 Å². The summed E-state index contributed by atoms with van der Waals surface area (Å²) in [6.07, 6.45) is -3.74. The van der Waals surface area contributed by atoms with Crippen LogP contribution in [0.15, 0.2) is 66.7 Å². The normalized spacial score (nSPS) is 19.0. The Bertz CT molecular complexity index is 1390. The molecule has 2 N–H and O–H groups in total. The van der Waals surface area contributed by atoms with Crippen molar-refractivity contribution in [1.29, 1.82) is 0 Å².